The molecular weight excluding hydrogens is 213 g/mol. The lowest BCUT2D eigenvalue weighted by Crippen LogP contribution is -1.69. The number of hydrogen-bond acceptors (Lipinski definition) is 3. The third-order valence-corrected chi connectivity index (χ3v) is 3.23. The fourth-order valence-electron chi connectivity index (χ4n) is 1.46. The molecule has 0 radical (unpaired) electrons. The van der Waals surface area contributed by atoms with Crippen LogP contribution in [-0.4, -0.2) is 4.98 Å². The van der Waals surface area contributed by atoms with Gasteiger partial charge in [0.25, 0.3) is 0 Å². The largest absolute Gasteiger partial charge is 0.444 e. The topological polar surface area (TPSA) is 26.0 Å². The molecule has 0 aliphatic heterocycles. The van der Waals surface area contributed by atoms with Crippen molar-refractivity contribution in [1.82, 2.24) is 4.98 Å². The molecule has 3 rings (SSSR count). The number of hydrogen-bond donors (Lipinski definition) is 0. The maximum Gasteiger partial charge on any atom is 0.236 e. The zero-order valence-corrected chi connectivity index (χ0v) is 8.42. The molecule has 0 aliphatic rings. The third kappa shape index (κ3) is 1.43. The minimum Gasteiger partial charge on any atom is -0.444 e. The molecule has 1 aromatic carbocycles. The van der Waals surface area contributed by atoms with Crippen molar-refractivity contribution in [2.24, 2.45) is 0 Å². The van der Waals surface area contributed by atoms with Gasteiger partial charge in [-0.15, -0.1) is 11.3 Å². The van der Waals surface area contributed by atoms with Gasteiger partial charge in [0.05, 0.1) is 11.1 Å². The van der Waals surface area contributed by atoms with E-state index in [0.29, 0.717) is 5.89 Å². The molecule has 0 saturated carbocycles. The Morgan fingerprint density at radius 2 is 2.20 bits per heavy atom. The molecule has 0 atom stereocenters. The first-order valence-electron chi connectivity index (χ1n) is 4.42. The first kappa shape index (κ1) is 8.61. The highest BCUT2D eigenvalue weighted by molar-refractivity contribution is 7.22. The summed E-state index contributed by atoms with van der Waals surface area (Å²) in [5.41, 5.74) is 0. The zero-order valence-electron chi connectivity index (χ0n) is 7.61. The van der Waals surface area contributed by atoms with Gasteiger partial charge in [0.2, 0.25) is 5.89 Å². The molecule has 74 valence electrons. The fraction of sp³-hybridized carbons (Fsp3) is 0. The van der Waals surface area contributed by atoms with Crippen LogP contribution in [0.2, 0.25) is 0 Å². The smallest absolute Gasteiger partial charge is 0.236 e. The van der Waals surface area contributed by atoms with Gasteiger partial charge in [-0.3, -0.25) is 0 Å². The van der Waals surface area contributed by atoms with Crippen LogP contribution in [0.5, 0.6) is 0 Å². The summed E-state index contributed by atoms with van der Waals surface area (Å²) < 4.78 is 19.2. The van der Waals surface area contributed by atoms with Crippen LogP contribution in [0.1, 0.15) is 0 Å². The molecule has 2 aromatic heterocycles. The summed E-state index contributed by atoms with van der Waals surface area (Å²) in [5, 5.41) is 0.883. The summed E-state index contributed by atoms with van der Waals surface area (Å²) in [6, 6.07) is 6.62. The first-order valence-corrected chi connectivity index (χ1v) is 5.23. The van der Waals surface area contributed by atoms with E-state index in [2.05, 4.69) is 4.98 Å². The summed E-state index contributed by atoms with van der Waals surface area (Å²) in [4.78, 5) is 4.97. The number of oxazole rings is 1. The Morgan fingerprint density at radius 3 is 3.00 bits per heavy atom. The summed E-state index contributed by atoms with van der Waals surface area (Å²) in [5.74, 6) is 0.357. The molecule has 0 bridgehead atoms. The van der Waals surface area contributed by atoms with Crippen molar-refractivity contribution in [3.05, 3.63) is 42.5 Å². The number of fused-ring (bicyclic) bond motifs is 1. The Kier molecular flexibility index (Phi) is 1.82. The van der Waals surface area contributed by atoms with Crippen LogP contribution in [0.3, 0.4) is 0 Å². The van der Waals surface area contributed by atoms with Crippen LogP contribution < -0.4 is 0 Å². The van der Waals surface area contributed by atoms with Crippen molar-refractivity contribution in [3.8, 4) is 10.8 Å². The number of benzene rings is 1. The van der Waals surface area contributed by atoms with E-state index in [0.717, 1.165) is 15.0 Å². The summed E-state index contributed by atoms with van der Waals surface area (Å²) in [6.07, 6.45) is 3.13. The quantitative estimate of drug-likeness (QED) is 0.623. The van der Waals surface area contributed by atoms with E-state index >= 15 is 0 Å². The molecule has 0 saturated heterocycles. The first-order chi connectivity index (χ1) is 7.33. The maximum atomic E-state index is 13.0. The summed E-state index contributed by atoms with van der Waals surface area (Å²) in [6.45, 7) is 0. The van der Waals surface area contributed by atoms with Crippen molar-refractivity contribution in [3.63, 3.8) is 0 Å². The van der Waals surface area contributed by atoms with Gasteiger partial charge in [-0.1, -0.05) is 0 Å². The number of rotatable bonds is 1. The van der Waals surface area contributed by atoms with Crippen LogP contribution in [0, 0.1) is 5.82 Å². The lowest BCUT2D eigenvalue weighted by atomic mass is 10.2. The maximum absolute atomic E-state index is 13.0. The highest BCUT2D eigenvalue weighted by atomic mass is 32.1. The molecule has 0 fully saturated rings. The molecule has 0 aliphatic carbocycles. The van der Waals surface area contributed by atoms with Gasteiger partial charge in [-0.05, 0) is 29.7 Å². The lowest BCUT2D eigenvalue weighted by Gasteiger charge is -1.86. The Hall–Kier alpha value is -1.68. The van der Waals surface area contributed by atoms with Crippen molar-refractivity contribution >= 4 is 21.4 Å². The molecule has 0 N–H and O–H groups in total. The normalized spacial score (nSPS) is 11.0. The van der Waals surface area contributed by atoms with E-state index in [4.69, 9.17) is 4.42 Å². The van der Waals surface area contributed by atoms with Crippen molar-refractivity contribution < 1.29 is 8.81 Å². The molecule has 3 aromatic rings. The molecule has 0 unspecified atom stereocenters. The third-order valence-electron chi connectivity index (χ3n) is 2.12. The van der Waals surface area contributed by atoms with Gasteiger partial charge in [-0.25, -0.2) is 9.37 Å². The Labute approximate surface area is 89.0 Å². The van der Waals surface area contributed by atoms with Gasteiger partial charge in [-0.2, -0.15) is 0 Å². The number of aromatic nitrogens is 1. The summed E-state index contributed by atoms with van der Waals surface area (Å²) in [7, 11) is 0. The van der Waals surface area contributed by atoms with Gasteiger partial charge < -0.3 is 4.42 Å². The van der Waals surface area contributed by atoms with Gasteiger partial charge in [0.15, 0.2) is 0 Å². The second-order valence-electron chi connectivity index (χ2n) is 3.13. The second kappa shape index (κ2) is 3.17. The highest BCUT2D eigenvalue weighted by Crippen LogP contribution is 2.32. The van der Waals surface area contributed by atoms with Crippen molar-refractivity contribution in [2.45, 2.75) is 0 Å². The minimum atomic E-state index is -0.223. The van der Waals surface area contributed by atoms with Crippen LogP contribution >= 0.6 is 11.3 Å². The van der Waals surface area contributed by atoms with Crippen LogP contribution in [0.15, 0.2) is 41.1 Å². The van der Waals surface area contributed by atoms with Crippen molar-refractivity contribution in [2.75, 3.05) is 0 Å². The summed E-state index contributed by atoms with van der Waals surface area (Å²) >= 11 is 1.54. The average molecular weight is 219 g/mol. The molecule has 4 heteroatoms. The van der Waals surface area contributed by atoms with Gasteiger partial charge in [0.1, 0.15) is 12.1 Å². The molecule has 2 nitrogen and oxygen atoms in total. The highest BCUT2D eigenvalue weighted by Gasteiger charge is 2.07. The van der Waals surface area contributed by atoms with E-state index in [1.54, 1.807) is 23.6 Å². The minimum absolute atomic E-state index is 0.223. The van der Waals surface area contributed by atoms with Gasteiger partial charge in [0, 0.05) is 4.70 Å². The molecule has 15 heavy (non-hydrogen) atoms. The predicted octanol–water partition coefficient (Wildman–Crippen LogP) is 3.70. The van der Waals surface area contributed by atoms with E-state index < -0.39 is 0 Å². The average Bonchev–Trinajstić information content (AvgIpc) is 2.84. The zero-order chi connectivity index (χ0) is 10.3. The number of thiophene rings is 1. The molecule has 0 amide bonds. The SMILES string of the molecule is Fc1ccc2sc(-c3ncco3)cc2c1. The van der Waals surface area contributed by atoms with E-state index in [1.807, 2.05) is 6.07 Å². The Balaban J connectivity index is 2.22. The van der Waals surface area contributed by atoms with Crippen LogP contribution in [-0.2, 0) is 0 Å². The lowest BCUT2D eigenvalue weighted by molar-refractivity contribution is 0.576. The fourth-order valence-corrected chi connectivity index (χ4v) is 2.45. The van der Waals surface area contributed by atoms with E-state index in [1.165, 1.54) is 18.4 Å². The Bertz CT molecular complexity index is 600. The molecular formula is C11H6FNOS. The molecule has 2 heterocycles. The Morgan fingerprint density at radius 1 is 1.27 bits per heavy atom. The number of halogens is 1. The van der Waals surface area contributed by atoms with Crippen LogP contribution in [0.25, 0.3) is 20.9 Å². The van der Waals surface area contributed by atoms with Crippen molar-refractivity contribution in [1.29, 1.82) is 0 Å². The monoisotopic (exact) mass is 219 g/mol. The van der Waals surface area contributed by atoms with E-state index in [-0.39, 0.29) is 5.82 Å². The second-order valence-corrected chi connectivity index (χ2v) is 4.21. The number of nitrogens with zero attached hydrogens (tertiary/aromatic N) is 1. The van der Waals surface area contributed by atoms with Gasteiger partial charge >= 0.3 is 0 Å². The predicted molar refractivity (Wildman–Crippen MR) is 57.3 cm³/mol. The van der Waals surface area contributed by atoms with E-state index in [9.17, 15) is 4.39 Å². The standard InChI is InChI=1S/C11H6FNOS/c12-8-1-2-9-7(5-8)6-10(15-9)11-13-3-4-14-11/h1-6H. The van der Waals surface area contributed by atoms with Crippen LogP contribution in [0.4, 0.5) is 4.39 Å². The molecule has 0 spiro atoms.